The molecule has 7 heteroatoms. The summed E-state index contributed by atoms with van der Waals surface area (Å²) in [7, 11) is 1.61. The predicted molar refractivity (Wildman–Crippen MR) is 105 cm³/mol. The van der Waals surface area contributed by atoms with E-state index in [2.05, 4.69) is 0 Å². The largest absolute Gasteiger partial charge is 0.497 e. The lowest BCUT2D eigenvalue weighted by molar-refractivity contribution is -0.227. The van der Waals surface area contributed by atoms with Gasteiger partial charge in [-0.25, -0.2) is 0 Å². The molecule has 0 spiro atoms. The number of aliphatic hydroxyl groups excluding tert-OH is 4. The summed E-state index contributed by atoms with van der Waals surface area (Å²) in [4.78, 5) is 0. The molecule has 1 aliphatic heterocycles. The summed E-state index contributed by atoms with van der Waals surface area (Å²) in [5.74, 6) is 0.768. The molecule has 4 N–H and O–H groups in total. The van der Waals surface area contributed by atoms with Gasteiger partial charge in [0.15, 0.2) is 0 Å². The van der Waals surface area contributed by atoms with Gasteiger partial charge in [0.2, 0.25) is 0 Å². The van der Waals surface area contributed by atoms with Crippen molar-refractivity contribution >= 4 is 11.6 Å². The molecule has 0 saturated carbocycles. The molecule has 1 fully saturated rings. The van der Waals surface area contributed by atoms with Crippen LogP contribution in [0.2, 0.25) is 5.02 Å². The Balaban J connectivity index is 1.84. The SMILES string of the molecule is COc1ccc(Cc2cc([C@@H]3O[C@H](CCO)[C@@H](O)C(O)[C@H]3O)ccc2Cl)cc1. The molecule has 0 radical (unpaired) electrons. The summed E-state index contributed by atoms with van der Waals surface area (Å²) in [5, 5.41) is 40.4. The van der Waals surface area contributed by atoms with E-state index in [1.165, 1.54) is 0 Å². The normalized spacial score (nSPS) is 27.6. The minimum Gasteiger partial charge on any atom is -0.497 e. The fraction of sp³-hybridized carbons (Fsp3) is 0.429. The highest BCUT2D eigenvalue weighted by Crippen LogP contribution is 2.35. The average Bonchev–Trinajstić information content (AvgIpc) is 2.71. The van der Waals surface area contributed by atoms with Crippen molar-refractivity contribution in [1.29, 1.82) is 0 Å². The maximum atomic E-state index is 10.4. The molecule has 3 rings (SSSR count). The van der Waals surface area contributed by atoms with Crippen molar-refractivity contribution < 1.29 is 29.9 Å². The molecule has 1 heterocycles. The number of benzene rings is 2. The second kappa shape index (κ2) is 9.22. The zero-order valence-electron chi connectivity index (χ0n) is 15.5. The van der Waals surface area contributed by atoms with Gasteiger partial charge >= 0.3 is 0 Å². The number of rotatable bonds is 6. The van der Waals surface area contributed by atoms with Crippen LogP contribution >= 0.6 is 11.6 Å². The molecular weight excluding hydrogens is 384 g/mol. The third-order valence-electron chi connectivity index (χ3n) is 5.08. The second-order valence-electron chi connectivity index (χ2n) is 6.95. The highest BCUT2D eigenvalue weighted by molar-refractivity contribution is 6.31. The van der Waals surface area contributed by atoms with Crippen LogP contribution in [-0.2, 0) is 11.2 Å². The van der Waals surface area contributed by atoms with Crippen LogP contribution in [0.1, 0.15) is 29.2 Å². The summed E-state index contributed by atoms with van der Waals surface area (Å²) in [5.41, 5.74) is 2.53. The maximum Gasteiger partial charge on any atom is 0.118 e. The van der Waals surface area contributed by atoms with Gasteiger partial charge in [-0.15, -0.1) is 0 Å². The second-order valence-corrected chi connectivity index (χ2v) is 7.36. The molecule has 6 nitrogen and oxygen atoms in total. The Morgan fingerprint density at radius 1 is 1.00 bits per heavy atom. The van der Waals surface area contributed by atoms with Crippen LogP contribution in [0.5, 0.6) is 5.75 Å². The Hall–Kier alpha value is -1.67. The maximum absolute atomic E-state index is 10.4. The molecule has 1 unspecified atom stereocenters. The number of halogens is 1. The Morgan fingerprint density at radius 3 is 2.36 bits per heavy atom. The number of hydrogen-bond acceptors (Lipinski definition) is 6. The number of methoxy groups -OCH3 is 1. The summed E-state index contributed by atoms with van der Waals surface area (Å²) < 4.78 is 11.0. The van der Waals surface area contributed by atoms with E-state index in [-0.39, 0.29) is 13.0 Å². The van der Waals surface area contributed by atoms with Crippen molar-refractivity contribution in [3.8, 4) is 5.75 Å². The van der Waals surface area contributed by atoms with Gasteiger partial charge in [-0.2, -0.15) is 0 Å². The van der Waals surface area contributed by atoms with Gasteiger partial charge in [-0.05, 0) is 47.7 Å². The lowest BCUT2D eigenvalue weighted by Crippen LogP contribution is -2.54. The van der Waals surface area contributed by atoms with E-state index >= 15 is 0 Å². The molecule has 2 aromatic rings. The highest BCUT2D eigenvalue weighted by atomic mass is 35.5. The van der Waals surface area contributed by atoms with E-state index in [0.29, 0.717) is 17.0 Å². The first-order chi connectivity index (χ1) is 13.4. The smallest absolute Gasteiger partial charge is 0.118 e. The zero-order chi connectivity index (χ0) is 20.3. The molecule has 5 atom stereocenters. The Morgan fingerprint density at radius 2 is 1.71 bits per heavy atom. The van der Waals surface area contributed by atoms with Crippen molar-refractivity contribution in [3.05, 3.63) is 64.2 Å². The topological polar surface area (TPSA) is 99.4 Å². The number of hydrogen-bond donors (Lipinski definition) is 4. The van der Waals surface area contributed by atoms with Gasteiger partial charge in [-0.1, -0.05) is 35.9 Å². The molecule has 28 heavy (non-hydrogen) atoms. The van der Waals surface area contributed by atoms with Crippen LogP contribution in [0.4, 0.5) is 0 Å². The van der Waals surface area contributed by atoms with Gasteiger partial charge in [-0.3, -0.25) is 0 Å². The van der Waals surface area contributed by atoms with E-state index in [9.17, 15) is 15.3 Å². The summed E-state index contributed by atoms with van der Waals surface area (Å²) in [6, 6.07) is 12.9. The average molecular weight is 409 g/mol. The lowest BCUT2D eigenvalue weighted by Gasteiger charge is -2.41. The monoisotopic (exact) mass is 408 g/mol. The minimum atomic E-state index is -1.36. The molecular formula is C21H25ClO6. The van der Waals surface area contributed by atoms with Gasteiger partial charge in [0.25, 0.3) is 0 Å². The summed E-state index contributed by atoms with van der Waals surface area (Å²) in [6.45, 7) is -0.194. The van der Waals surface area contributed by atoms with Gasteiger partial charge in [0.05, 0.1) is 13.2 Å². The van der Waals surface area contributed by atoms with Crippen LogP contribution in [0.25, 0.3) is 0 Å². The number of ether oxygens (including phenoxy) is 2. The van der Waals surface area contributed by atoms with Crippen LogP contribution in [0.3, 0.4) is 0 Å². The molecule has 0 bridgehead atoms. The first-order valence-electron chi connectivity index (χ1n) is 9.16. The summed E-state index contributed by atoms with van der Waals surface area (Å²) >= 11 is 6.36. The lowest BCUT2D eigenvalue weighted by atomic mass is 9.89. The first-order valence-corrected chi connectivity index (χ1v) is 9.54. The van der Waals surface area contributed by atoms with E-state index in [1.54, 1.807) is 19.2 Å². The molecule has 1 aliphatic rings. The van der Waals surface area contributed by atoms with E-state index in [1.807, 2.05) is 30.3 Å². The highest BCUT2D eigenvalue weighted by Gasteiger charge is 2.43. The fourth-order valence-corrected chi connectivity index (χ4v) is 3.65. The fourth-order valence-electron chi connectivity index (χ4n) is 3.46. The Bertz CT molecular complexity index is 781. The van der Waals surface area contributed by atoms with Crippen molar-refractivity contribution in [2.45, 2.75) is 43.4 Å². The minimum absolute atomic E-state index is 0.160. The standard InChI is InChI=1S/C21H25ClO6/c1-27-15-5-2-12(3-6-15)10-14-11-13(4-7-16(14)22)21-20(26)19(25)18(24)17(28-21)8-9-23/h2-7,11,17-21,23-26H,8-10H2,1H3/t17-,18-,19?,20-,21+/m1/s1. The van der Waals surface area contributed by atoms with E-state index in [0.717, 1.165) is 16.9 Å². The quantitative estimate of drug-likeness (QED) is 0.582. The molecule has 0 aromatic heterocycles. The molecule has 0 amide bonds. The molecule has 152 valence electrons. The third kappa shape index (κ3) is 4.49. The van der Waals surface area contributed by atoms with Crippen molar-refractivity contribution in [1.82, 2.24) is 0 Å². The van der Waals surface area contributed by atoms with Crippen LogP contribution in [0.15, 0.2) is 42.5 Å². The van der Waals surface area contributed by atoms with Crippen LogP contribution in [0, 0.1) is 0 Å². The van der Waals surface area contributed by atoms with Gasteiger partial charge in [0.1, 0.15) is 30.2 Å². The number of aliphatic hydroxyl groups is 4. The summed E-state index contributed by atoms with van der Waals surface area (Å²) in [6.07, 6.45) is -4.78. The Labute approximate surface area is 168 Å². The van der Waals surface area contributed by atoms with Gasteiger partial charge < -0.3 is 29.9 Å². The van der Waals surface area contributed by atoms with Crippen molar-refractivity contribution in [2.24, 2.45) is 0 Å². The van der Waals surface area contributed by atoms with Crippen molar-refractivity contribution in [2.75, 3.05) is 13.7 Å². The molecule has 2 aromatic carbocycles. The van der Waals surface area contributed by atoms with E-state index < -0.39 is 30.5 Å². The predicted octanol–water partition coefficient (Wildman–Crippen LogP) is 1.84. The molecule has 0 aliphatic carbocycles. The van der Waals surface area contributed by atoms with E-state index in [4.69, 9.17) is 26.2 Å². The van der Waals surface area contributed by atoms with Crippen molar-refractivity contribution in [3.63, 3.8) is 0 Å². The van der Waals surface area contributed by atoms with Crippen LogP contribution < -0.4 is 4.74 Å². The molecule has 1 saturated heterocycles. The van der Waals surface area contributed by atoms with Gasteiger partial charge in [0, 0.05) is 11.6 Å². The first kappa shape index (κ1) is 21.0. The van der Waals surface area contributed by atoms with Crippen LogP contribution in [-0.4, -0.2) is 58.6 Å². The third-order valence-corrected chi connectivity index (χ3v) is 5.45. The Kier molecular flexibility index (Phi) is 6.93. The zero-order valence-corrected chi connectivity index (χ0v) is 16.3.